The molecular formula is C17H17F3O5S. The summed E-state index contributed by atoms with van der Waals surface area (Å²) in [6.07, 6.45) is -0.411. The van der Waals surface area contributed by atoms with Gasteiger partial charge >= 0.3 is 21.6 Å². The first-order valence-corrected chi connectivity index (χ1v) is 9.06. The van der Waals surface area contributed by atoms with Crippen molar-refractivity contribution < 1.29 is 35.3 Å². The molecule has 0 aromatic heterocycles. The number of halogens is 3. The lowest BCUT2D eigenvalue weighted by atomic mass is 9.97. The number of hydrogen-bond donors (Lipinski definition) is 0. The van der Waals surface area contributed by atoms with Crippen molar-refractivity contribution in [3.8, 4) is 5.75 Å². The van der Waals surface area contributed by atoms with Crippen LogP contribution in [-0.2, 0) is 26.1 Å². The Kier molecular flexibility index (Phi) is 5.50. The molecule has 0 fully saturated rings. The first kappa shape index (κ1) is 20.0. The van der Waals surface area contributed by atoms with Crippen molar-refractivity contribution in [1.82, 2.24) is 0 Å². The second-order valence-corrected chi connectivity index (χ2v) is 7.23. The van der Waals surface area contributed by atoms with Crippen LogP contribution in [0, 0.1) is 13.8 Å². The average molecular weight is 390 g/mol. The number of aryl methyl sites for hydroxylation is 2. The lowest BCUT2D eigenvalue weighted by Gasteiger charge is -2.17. The number of esters is 1. The lowest BCUT2D eigenvalue weighted by Crippen LogP contribution is -2.28. The molecule has 142 valence electrons. The van der Waals surface area contributed by atoms with E-state index in [1.807, 2.05) is 0 Å². The molecule has 2 rings (SSSR count). The predicted molar refractivity (Wildman–Crippen MR) is 89.4 cm³/mol. The quantitative estimate of drug-likeness (QED) is 0.441. The monoisotopic (exact) mass is 390 g/mol. The molecule has 0 aliphatic rings. The van der Waals surface area contributed by atoms with Gasteiger partial charge in [-0.3, -0.25) is 4.79 Å². The van der Waals surface area contributed by atoms with Crippen molar-refractivity contribution >= 4 is 26.9 Å². The SMILES string of the molecule is CCOC(=O)Cc1c(C)cc2cc(C)ccc2c1OS(=O)(=O)C(F)(F)F. The van der Waals surface area contributed by atoms with Gasteiger partial charge in [-0.25, -0.2) is 0 Å². The third-order valence-electron chi connectivity index (χ3n) is 3.68. The molecule has 0 amide bonds. The van der Waals surface area contributed by atoms with E-state index in [1.54, 1.807) is 39.0 Å². The van der Waals surface area contributed by atoms with Crippen LogP contribution in [0.15, 0.2) is 24.3 Å². The Morgan fingerprint density at radius 3 is 2.38 bits per heavy atom. The Morgan fingerprint density at radius 1 is 1.15 bits per heavy atom. The highest BCUT2D eigenvalue weighted by molar-refractivity contribution is 7.88. The molecule has 0 atom stereocenters. The summed E-state index contributed by atoms with van der Waals surface area (Å²) >= 11 is 0. The van der Waals surface area contributed by atoms with Gasteiger partial charge in [0.15, 0.2) is 5.75 Å². The minimum Gasteiger partial charge on any atom is -0.466 e. The van der Waals surface area contributed by atoms with E-state index >= 15 is 0 Å². The molecule has 9 heteroatoms. The summed E-state index contributed by atoms with van der Waals surface area (Å²) in [6.45, 7) is 5.01. The van der Waals surface area contributed by atoms with Crippen LogP contribution in [-0.4, -0.2) is 26.5 Å². The highest BCUT2D eigenvalue weighted by Crippen LogP contribution is 2.37. The van der Waals surface area contributed by atoms with E-state index in [0.717, 1.165) is 5.56 Å². The number of rotatable bonds is 5. The molecule has 0 saturated carbocycles. The largest absolute Gasteiger partial charge is 0.534 e. The standard InChI is InChI=1S/C17H17F3O5S/c1-4-24-15(21)9-14-11(3)8-12-7-10(2)5-6-13(12)16(14)25-26(22,23)17(18,19)20/h5-8H,4,9H2,1-3H3. The second-order valence-electron chi connectivity index (χ2n) is 5.69. The first-order chi connectivity index (χ1) is 12.0. The van der Waals surface area contributed by atoms with E-state index in [0.29, 0.717) is 10.9 Å². The van der Waals surface area contributed by atoms with Crippen LogP contribution in [0.3, 0.4) is 0 Å². The van der Waals surface area contributed by atoms with E-state index in [4.69, 9.17) is 4.74 Å². The minimum absolute atomic E-state index is 0.0348. The van der Waals surface area contributed by atoms with Crippen LogP contribution in [0.4, 0.5) is 13.2 Å². The number of fused-ring (bicyclic) bond motifs is 1. The molecule has 0 unspecified atom stereocenters. The van der Waals surface area contributed by atoms with Crippen LogP contribution in [0.1, 0.15) is 23.6 Å². The first-order valence-electron chi connectivity index (χ1n) is 7.65. The summed E-state index contributed by atoms with van der Waals surface area (Å²) < 4.78 is 70.7. The number of hydrogen-bond acceptors (Lipinski definition) is 5. The van der Waals surface area contributed by atoms with Gasteiger partial charge in [0.2, 0.25) is 0 Å². The van der Waals surface area contributed by atoms with Crippen LogP contribution in [0.25, 0.3) is 10.8 Å². The molecule has 0 aliphatic heterocycles. The van der Waals surface area contributed by atoms with E-state index in [2.05, 4.69) is 4.18 Å². The molecular weight excluding hydrogens is 373 g/mol. The van der Waals surface area contributed by atoms with Gasteiger partial charge < -0.3 is 8.92 Å². The third kappa shape index (κ3) is 4.09. The zero-order valence-corrected chi connectivity index (χ0v) is 15.1. The minimum atomic E-state index is -5.89. The maximum Gasteiger partial charge on any atom is 0.534 e. The van der Waals surface area contributed by atoms with E-state index < -0.39 is 33.8 Å². The molecule has 0 heterocycles. The fourth-order valence-corrected chi connectivity index (χ4v) is 3.00. The zero-order valence-electron chi connectivity index (χ0n) is 14.3. The van der Waals surface area contributed by atoms with Crippen molar-refractivity contribution in [2.24, 2.45) is 0 Å². The van der Waals surface area contributed by atoms with Crippen LogP contribution in [0.5, 0.6) is 5.75 Å². The van der Waals surface area contributed by atoms with Crippen molar-refractivity contribution in [2.45, 2.75) is 32.7 Å². The molecule has 2 aromatic rings. The van der Waals surface area contributed by atoms with Crippen molar-refractivity contribution in [3.63, 3.8) is 0 Å². The molecule has 0 bridgehead atoms. The zero-order chi connectivity index (χ0) is 19.7. The number of alkyl halides is 3. The smallest absolute Gasteiger partial charge is 0.466 e. The molecule has 0 aliphatic carbocycles. The average Bonchev–Trinajstić information content (AvgIpc) is 2.49. The lowest BCUT2D eigenvalue weighted by molar-refractivity contribution is -0.142. The summed E-state index contributed by atoms with van der Waals surface area (Å²) in [5.41, 5.74) is -4.30. The Hall–Kier alpha value is -2.29. The molecule has 5 nitrogen and oxygen atoms in total. The van der Waals surface area contributed by atoms with Crippen LogP contribution >= 0.6 is 0 Å². The van der Waals surface area contributed by atoms with Crippen LogP contribution in [0.2, 0.25) is 0 Å². The van der Waals surface area contributed by atoms with Crippen molar-refractivity contribution in [2.75, 3.05) is 6.61 Å². The molecule has 26 heavy (non-hydrogen) atoms. The van der Waals surface area contributed by atoms with Gasteiger partial charge in [0.25, 0.3) is 0 Å². The fourth-order valence-electron chi connectivity index (χ4n) is 2.50. The third-order valence-corrected chi connectivity index (χ3v) is 4.63. The maximum absolute atomic E-state index is 12.8. The molecule has 0 saturated heterocycles. The predicted octanol–water partition coefficient (Wildman–Crippen LogP) is 3.79. The summed E-state index contributed by atoms with van der Waals surface area (Å²) in [5.74, 6) is -1.21. The molecule has 2 aromatic carbocycles. The maximum atomic E-state index is 12.8. The topological polar surface area (TPSA) is 69.7 Å². The van der Waals surface area contributed by atoms with Crippen molar-refractivity contribution in [1.29, 1.82) is 0 Å². The Morgan fingerprint density at radius 2 is 1.81 bits per heavy atom. The number of carbonyl (C=O) groups is 1. The van der Waals surface area contributed by atoms with Gasteiger partial charge in [-0.2, -0.15) is 21.6 Å². The van der Waals surface area contributed by atoms with E-state index in [9.17, 15) is 26.4 Å². The van der Waals surface area contributed by atoms with Gasteiger partial charge in [-0.05, 0) is 31.7 Å². The number of benzene rings is 2. The normalized spacial score (nSPS) is 12.2. The summed E-state index contributed by atoms with van der Waals surface area (Å²) in [5, 5.41) is 0.663. The Bertz CT molecular complexity index is 949. The summed E-state index contributed by atoms with van der Waals surface area (Å²) in [6, 6.07) is 6.41. The van der Waals surface area contributed by atoms with E-state index in [1.165, 1.54) is 6.07 Å². The molecule has 0 spiro atoms. The van der Waals surface area contributed by atoms with Gasteiger partial charge in [-0.1, -0.05) is 29.8 Å². The van der Waals surface area contributed by atoms with Gasteiger partial charge in [0, 0.05) is 10.9 Å². The van der Waals surface area contributed by atoms with Gasteiger partial charge in [-0.15, -0.1) is 0 Å². The van der Waals surface area contributed by atoms with Gasteiger partial charge in [0.05, 0.1) is 13.0 Å². The fraction of sp³-hybridized carbons (Fsp3) is 0.353. The Balaban J connectivity index is 2.71. The van der Waals surface area contributed by atoms with Crippen molar-refractivity contribution in [3.05, 3.63) is 41.0 Å². The molecule has 0 radical (unpaired) electrons. The molecule has 0 N–H and O–H groups in total. The Labute approximate surface area is 148 Å². The van der Waals surface area contributed by atoms with Gasteiger partial charge in [0.1, 0.15) is 0 Å². The second kappa shape index (κ2) is 7.14. The number of ether oxygens (including phenoxy) is 1. The number of carbonyl (C=O) groups excluding carboxylic acids is 1. The highest BCUT2D eigenvalue weighted by atomic mass is 32.2. The summed E-state index contributed by atoms with van der Waals surface area (Å²) in [4.78, 5) is 11.8. The van der Waals surface area contributed by atoms with E-state index in [-0.39, 0.29) is 17.6 Å². The van der Waals surface area contributed by atoms with Crippen LogP contribution < -0.4 is 4.18 Å². The highest BCUT2D eigenvalue weighted by Gasteiger charge is 2.49. The summed E-state index contributed by atoms with van der Waals surface area (Å²) in [7, 11) is -5.89.